The van der Waals surface area contributed by atoms with Crippen molar-refractivity contribution in [3.63, 3.8) is 0 Å². The Morgan fingerprint density at radius 1 is 1.25 bits per heavy atom. The van der Waals surface area contributed by atoms with Crippen molar-refractivity contribution in [2.24, 2.45) is 5.41 Å². The SMILES string of the molecule is Cc1ccc(S(=O)(=O)N2CCC3(CCNCC3)C2)cc1[N+](=O)[O-].Cl. The van der Waals surface area contributed by atoms with Crippen molar-refractivity contribution in [3.05, 3.63) is 33.9 Å². The first kappa shape index (κ1) is 19.1. The van der Waals surface area contributed by atoms with Gasteiger partial charge in [-0.1, -0.05) is 6.07 Å². The summed E-state index contributed by atoms with van der Waals surface area (Å²) in [6, 6.07) is 4.14. The summed E-state index contributed by atoms with van der Waals surface area (Å²) in [7, 11) is -3.68. The summed E-state index contributed by atoms with van der Waals surface area (Å²) in [6.07, 6.45) is 2.82. The van der Waals surface area contributed by atoms with E-state index in [9.17, 15) is 18.5 Å². The summed E-state index contributed by atoms with van der Waals surface area (Å²) < 4.78 is 27.2. The Labute approximate surface area is 148 Å². The number of nitro groups is 1. The first-order chi connectivity index (χ1) is 10.8. The number of benzene rings is 1. The molecule has 1 N–H and O–H groups in total. The molecule has 134 valence electrons. The molecule has 0 amide bonds. The van der Waals surface area contributed by atoms with Crippen LogP contribution < -0.4 is 5.32 Å². The number of rotatable bonds is 3. The van der Waals surface area contributed by atoms with Crippen LogP contribution in [0.3, 0.4) is 0 Å². The molecule has 0 aliphatic carbocycles. The quantitative estimate of drug-likeness (QED) is 0.645. The molecule has 2 aliphatic rings. The van der Waals surface area contributed by atoms with Gasteiger partial charge >= 0.3 is 0 Å². The molecule has 0 bridgehead atoms. The Kier molecular flexibility index (Phi) is 5.54. The second kappa shape index (κ2) is 6.95. The second-order valence-electron chi connectivity index (χ2n) is 6.54. The number of sulfonamides is 1. The molecule has 7 nitrogen and oxygen atoms in total. The minimum Gasteiger partial charge on any atom is -0.317 e. The fraction of sp³-hybridized carbons (Fsp3) is 0.600. The van der Waals surface area contributed by atoms with Gasteiger partial charge < -0.3 is 5.32 Å². The second-order valence-corrected chi connectivity index (χ2v) is 8.48. The van der Waals surface area contributed by atoms with Gasteiger partial charge in [-0.25, -0.2) is 8.42 Å². The molecule has 0 unspecified atom stereocenters. The highest BCUT2D eigenvalue weighted by atomic mass is 35.5. The van der Waals surface area contributed by atoms with E-state index >= 15 is 0 Å². The first-order valence-electron chi connectivity index (χ1n) is 7.80. The van der Waals surface area contributed by atoms with Gasteiger partial charge in [0.1, 0.15) is 0 Å². The molecule has 2 heterocycles. The van der Waals surface area contributed by atoms with E-state index in [1.165, 1.54) is 22.5 Å². The molecule has 0 saturated carbocycles. The third-order valence-electron chi connectivity index (χ3n) is 5.08. The summed E-state index contributed by atoms with van der Waals surface area (Å²) >= 11 is 0. The van der Waals surface area contributed by atoms with Gasteiger partial charge in [0.05, 0.1) is 9.82 Å². The average molecular weight is 376 g/mol. The lowest BCUT2D eigenvalue weighted by Crippen LogP contribution is -2.39. The van der Waals surface area contributed by atoms with Crippen molar-refractivity contribution in [2.75, 3.05) is 26.2 Å². The average Bonchev–Trinajstić information content (AvgIpc) is 2.92. The molecule has 9 heteroatoms. The van der Waals surface area contributed by atoms with Gasteiger partial charge in [-0.2, -0.15) is 4.31 Å². The molecule has 0 aromatic heterocycles. The highest BCUT2D eigenvalue weighted by molar-refractivity contribution is 7.89. The van der Waals surface area contributed by atoms with Crippen molar-refractivity contribution in [2.45, 2.75) is 31.1 Å². The van der Waals surface area contributed by atoms with E-state index in [-0.39, 0.29) is 28.4 Å². The molecule has 1 spiro atoms. The number of aryl methyl sites for hydroxylation is 1. The third-order valence-corrected chi connectivity index (χ3v) is 6.92. The fourth-order valence-electron chi connectivity index (χ4n) is 3.56. The smallest absolute Gasteiger partial charge is 0.273 e. The lowest BCUT2D eigenvalue weighted by molar-refractivity contribution is -0.385. The van der Waals surface area contributed by atoms with Crippen LogP contribution in [-0.4, -0.2) is 43.8 Å². The van der Waals surface area contributed by atoms with Gasteiger partial charge in [0.25, 0.3) is 5.69 Å². The summed E-state index contributed by atoms with van der Waals surface area (Å²) in [4.78, 5) is 10.5. The number of nitro benzene ring substituents is 1. The summed E-state index contributed by atoms with van der Waals surface area (Å²) in [5, 5.41) is 14.4. The van der Waals surface area contributed by atoms with Crippen LogP contribution in [0.5, 0.6) is 0 Å². The van der Waals surface area contributed by atoms with E-state index < -0.39 is 14.9 Å². The molecule has 0 atom stereocenters. The number of hydrogen-bond donors (Lipinski definition) is 1. The zero-order valence-corrected chi connectivity index (χ0v) is 15.2. The van der Waals surface area contributed by atoms with Crippen LogP contribution in [-0.2, 0) is 10.0 Å². The Hall–Kier alpha value is -1.22. The van der Waals surface area contributed by atoms with E-state index in [0.717, 1.165) is 32.4 Å². The molecule has 1 aromatic carbocycles. The van der Waals surface area contributed by atoms with Crippen LogP contribution in [0.15, 0.2) is 23.1 Å². The van der Waals surface area contributed by atoms with Gasteiger partial charge in [-0.15, -0.1) is 12.4 Å². The van der Waals surface area contributed by atoms with E-state index in [2.05, 4.69) is 5.32 Å². The molecular formula is C15H22ClN3O4S. The lowest BCUT2D eigenvalue weighted by Gasteiger charge is -2.33. The number of nitrogens with zero attached hydrogens (tertiary/aromatic N) is 2. The normalized spacial score (nSPS) is 20.7. The number of hydrogen-bond acceptors (Lipinski definition) is 5. The van der Waals surface area contributed by atoms with Crippen molar-refractivity contribution in [1.82, 2.24) is 9.62 Å². The molecule has 0 radical (unpaired) electrons. The summed E-state index contributed by atoms with van der Waals surface area (Å²) in [6.45, 7) is 4.45. The summed E-state index contributed by atoms with van der Waals surface area (Å²) in [5.41, 5.74) is 0.377. The minimum absolute atomic E-state index is 0. The Balaban J connectivity index is 0.00000208. The number of piperidine rings is 1. The van der Waals surface area contributed by atoms with Crippen molar-refractivity contribution in [1.29, 1.82) is 0 Å². The molecule has 24 heavy (non-hydrogen) atoms. The van der Waals surface area contributed by atoms with Gasteiger partial charge in [-0.05, 0) is 50.8 Å². The molecule has 2 saturated heterocycles. The number of nitrogens with one attached hydrogen (secondary N) is 1. The monoisotopic (exact) mass is 375 g/mol. The maximum atomic E-state index is 12.8. The van der Waals surface area contributed by atoms with Crippen molar-refractivity contribution in [3.8, 4) is 0 Å². The maximum Gasteiger partial charge on any atom is 0.273 e. The van der Waals surface area contributed by atoms with Gasteiger partial charge in [0.15, 0.2) is 0 Å². The minimum atomic E-state index is -3.68. The number of halogens is 1. The predicted octanol–water partition coefficient (Wildman–Crippen LogP) is 2.09. The maximum absolute atomic E-state index is 12.8. The van der Waals surface area contributed by atoms with Crippen LogP contribution in [0.1, 0.15) is 24.8 Å². The lowest BCUT2D eigenvalue weighted by atomic mass is 9.78. The highest BCUT2D eigenvalue weighted by Crippen LogP contribution is 2.40. The Bertz CT molecular complexity index is 732. The van der Waals surface area contributed by atoms with Crippen LogP contribution in [0.2, 0.25) is 0 Å². The van der Waals surface area contributed by atoms with Gasteiger partial charge in [-0.3, -0.25) is 10.1 Å². The van der Waals surface area contributed by atoms with Crippen LogP contribution in [0.4, 0.5) is 5.69 Å². The molecule has 2 aliphatic heterocycles. The Morgan fingerprint density at radius 3 is 2.54 bits per heavy atom. The van der Waals surface area contributed by atoms with Crippen molar-refractivity contribution >= 4 is 28.1 Å². The first-order valence-corrected chi connectivity index (χ1v) is 9.24. The topological polar surface area (TPSA) is 92.6 Å². The van der Waals surface area contributed by atoms with E-state index in [4.69, 9.17) is 0 Å². The molecule has 2 fully saturated rings. The Morgan fingerprint density at radius 2 is 1.92 bits per heavy atom. The third kappa shape index (κ3) is 3.42. The van der Waals surface area contributed by atoms with Crippen molar-refractivity contribution < 1.29 is 13.3 Å². The highest BCUT2D eigenvalue weighted by Gasteiger charge is 2.43. The van der Waals surface area contributed by atoms with Gasteiger partial charge in [0, 0.05) is 24.7 Å². The summed E-state index contributed by atoms with van der Waals surface area (Å²) in [5.74, 6) is 0. The fourth-order valence-corrected chi connectivity index (χ4v) is 5.13. The largest absolute Gasteiger partial charge is 0.317 e. The predicted molar refractivity (Wildman–Crippen MR) is 93.0 cm³/mol. The molecule has 3 rings (SSSR count). The zero-order chi connectivity index (χ0) is 16.7. The van der Waals surface area contributed by atoms with E-state index in [1.54, 1.807) is 6.92 Å². The molecular weight excluding hydrogens is 354 g/mol. The standard InChI is InChI=1S/C15H21N3O4S.ClH/c1-12-2-3-13(10-14(12)18(19)20)23(21,22)17-9-6-15(11-17)4-7-16-8-5-15;/h2-3,10,16H,4-9,11H2,1H3;1H. The van der Waals surface area contributed by atoms with E-state index in [1.807, 2.05) is 0 Å². The van der Waals surface area contributed by atoms with Crippen LogP contribution >= 0.6 is 12.4 Å². The van der Waals surface area contributed by atoms with Crippen LogP contribution in [0.25, 0.3) is 0 Å². The van der Waals surface area contributed by atoms with Crippen LogP contribution in [0, 0.1) is 22.5 Å². The zero-order valence-electron chi connectivity index (χ0n) is 13.5. The molecule has 1 aromatic rings. The van der Waals surface area contributed by atoms with Gasteiger partial charge in [0.2, 0.25) is 10.0 Å². The van der Waals surface area contributed by atoms with E-state index in [0.29, 0.717) is 18.7 Å².